The molecule has 0 aromatic rings. The first kappa shape index (κ1) is 13.8. The summed E-state index contributed by atoms with van der Waals surface area (Å²) in [6.07, 6.45) is 3.69. The maximum Gasteiger partial charge on any atom is 0.384 e. The Bertz CT molecular complexity index is 291. The van der Waals surface area contributed by atoms with Crippen LogP contribution in [-0.4, -0.2) is 11.6 Å². The summed E-state index contributed by atoms with van der Waals surface area (Å²) >= 11 is 0. The van der Waals surface area contributed by atoms with Crippen LogP contribution in [0.1, 0.15) is 47.5 Å². The van der Waals surface area contributed by atoms with Gasteiger partial charge >= 0.3 is 5.97 Å². The van der Waals surface area contributed by atoms with Crippen molar-refractivity contribution < 1.29 is 9.53 Å². The Morgan fingerprint density at radius 2 is 1.93 bits per heavy atom. The predicted octanol–water partition coefficient (Wildman–Crippen LogP) is 3.08. The van der Waals surface area contributed by atoms with E-state index in [2.05, 4.69) is 17.9 Å². The summed E-state index contributed by atoms with van der Waals surface area (Å²) in [4.78, 5) is 11.1. The molecular weight excluding hydrogens is 188 g/mol. The molecule has 0 aliphatic heterocycles. The Balaban J connectivity index is 3.88. The van der Waals surface area contributed by atoms with Gasteiger partial charge in [-0.15, -0.1) is 0 Å². The van der Waals surface area contributed by atoms with Crippen LogP contribution in [0.15, 0.2) is 11.6 Å². The predicted molar refractivity (Wildman–Crippen MR) is 62.3 cm³/mol. The number of carbonyl (C=O) groups excluding carboxylic acids is 1. The fourth-order valence-corrected chi connectivity index (χ4v) is 0.871. The maximum atomic E-state index is 11.1. The van der Waals surface area contributed by atoms with E-state index in [0.717, 1.165) is 6.42 Å². The van der Waals surface area contributed by atoms with E-state index < -0.39 is 11.6 Å². The highest BCUT2D eigenvalue weighted by Crippen LogP contribution is 2.06. The van der Waals surface area contributed by atoms with E-state index >= 15 is 0 Å². The van der Waals surface area contributed by atoms with Crippen molar-refractivity contribution >= 4 is 5.97 Å². The number of hydrogen-bond donors (Lipinski definition) is 0. The Morgan fingerprint density at radius 1 is 1.33 bits per heavy atom. The number of unbranched alkanes of at least 4 members (excludes halogenated alkanes) is 1. The summed E-state index contributed by atoms with van der Waals surface area (Å²) in [5.41, 5.74) is 0.820. The van der Waals surface area contributed by atoms with Gasteiger partial charge in [-0.2, -0.15) is 0 Å². The van der Waals surface area contributed by atoms with Gasteiger partial charge in [0.25, 0.3) is 0 Å². The zero-order valence-electron chi connectivity index (χ0n) is 10.3. The highest BCUT2D eigenvalue weighted by atomic mass is 16.6. The summed E-state index contributed by atoms with van der Waals surface area (Å²) in [5, 5.41) is 0. The van der Waals surface area contributed by atoms with Crippen LogP contribution in [0.5, 0.6) is 0 Å². The average Bonchev–Trinajstić information content (AvgIpc) is 1.99. The van der Waals surface area contributed by atoms with Crippen molar-refractivity contribution in [2.75, 3.05) is 0 Å². The summed E-state index contributed by atoms with van der Waals surface area (Å²) in [7, 11) is 0. The molecule has 0 aromatic heterocycles. The third-order valence-corrected chi connectivity index (χ3v) is 1.41. The van der Waals surface area contributed by atoms with Gasteiger partial charge in [0.1, 0.15) is 5.60 Å². The molecule has 15 heavy (non-hydrogen) atoms. The highest BCUT2D eigenvalue weighted by Gasteiger charge is 2.13. The lowest BCUT2D eigenvalue weighted by Crippen LogP contribution is -2.22. The van der Waals surface area contributed by atoms with Crippen molar-refractivity contribution in [1.29, 1.82) is 0 Å². The van der Waals surface area contributed by atoms with E-state index in [-0.39, 0.29) is 0 Å². The molecule has 2 heteroatoms. The third kappa shape index (κ3) is 10.7. The Morgan fingerprint density at radius 3 is 2.40 bits per heavy atom. The van der Waals surface area contributed by atoms with Crippen LogP contribution in [0.25, 0.3) is 0 Å². The van der Waals surface area contributed by atoms with Gasteiger partial charge in [-0.1, -0.05) is 17.6 Å². The van der Waals surface area contributed by atoms with E-state index in [4.69, 9.17) is 4.74 Å². The second-order valence-electron chi connectivity index (χ2n) is 4.62. The molecular formula is C13H20O2. The monoisotopic (exact) mass is 208 g/mol. The molecule has 0 spiro atoms. The molecule has 2 nitrogen and oxygen atoms in total. The molecule has 0 saturated heterocycles. The van der Waals surface area contributed by atoms with Crippen LogP contribution in [0, 0.1) is 11.8 Å². The summed E-state index contributed by atoms with van der Waals surface area (Å²) in [6, 6.07) is 0. The molecule has 0 N–H and O–H groups in total. The van der Waals surface area contributed by atoms with Gasteiger partial charge in [0.2, 0.25) is 0 Å². The second-order valence-corrected chi connectivity index (χ2v) is 4.62. The van der Waals surface area contributed by atoms with Gasteiger partial charge in [0.15, 0.2) is 0 Å². The first-order valence-corrected chi connectivity index (χ1v) is 5.16. The minimum Gasteiger partial charge on any atom is -0.450 e. The van der Waals surface area contributed by atoms with Crippen LogP contribution < -0.4 is 0 Å². The summed E-state index contributed by atoms with van der Waals surface area (Å²) in [6.45, 7) is 9.57. The summed E-state index contributed by atoms with van der Waals surface area (Å²) < 4.78 is 5.04. The number of carbonyl (C=O) groups is 1. The van der Waals surface area contributed by atoms with Crippen LogP contribution >= 0.6 is 0 Å². The van der Waals surface area contributed by atoms with Crippen molar-refractivity contribution in [2.45, 2.75) is 53.1 Å². The summed E-state index contributed by atoms with van der Waals surface area (Å²) in [5.74, 6) is 4.82. The molecule has 0 aliphatic rings. The number of hydrogen-bond acceptors (Lipinski definition) is 2. The van der Waals surface area contributed by atoms with Crippen molar-refractivity contribution in [3.05, 3.63) is 11.6 Å². The van der Waals surface area contributed by atoms with Gasteiger partial charge in [-0.3, -0.25) is 0 Å². The van der Waals surface area contributed by atoms with Crippen LogP contribution in [0.4, 0.5) is 0 Å². The van der Waals surface area contributed by atoms with Gasteiger partial charge in [0.05, 0.1) is 0 Å². The topological polar surface area (TPSA) is 26.3 Å². The Labute approximate surface area is 92.7 Å². The third-order valence-electron chi connectivity index (χ3n) is 1.41. The molecule has 0 fully saturated rings. The standard InChI is InChI=1S/C13H20O2/c1-11(2)9-7-6-8-10-12(14)15-13(3,4)5/h9H,6-7H2,1-5H3. The molecule has 0 heterocycles. The highest BCUT2D eigenvalue weighted by molar-refractivity contribution is 5.88. The lowest BCUT2D eigenvalue weighted by molar-refractivity contribution is -0.147. The minimum absolute atomic E-state index is 0.445. The molecule has 0 amide bonds. The lowest BCUT2D eigenvalue weighted by atomic mass is 10.2. The van der Waals surface area contributed by atoms with Gasteiger partial charge in [-0.05, 0) is 41.0 Å². The first-order chi connectivity index (χ1) is 6.81. The van der Waals surface area contributed by atoms with Gasteiger partial charge in [0, 0.05) is 12.3 Å². The normalized spacial score (nSPS) is 9.93. The van der Waals surface area contributed by atoms with Crippen LogP contribution in [0.2, 0.25) is 0 Å². The van der Waals surface area contributed by atoms with Crippen molar-refractivity contribution in [1.82, 2.24) is 0 Å². The van der Waals surface area contributed by atoms with Crippen molar-refractivity contribution in [3.63, 3.8) is 0 Å². The molecule has 0 aliphatic carbocycles. The van der Waals surface area contributed by atoms with Gasteiger partial charge < -0.3 is 4.74 Å². The van der Waals surface area contributed by atoms with E-state index in [9.17, 15) is 4.79 Å². The fraction of sp³-hybridized carbons (Fsp3) is 0.615. The maximum absolute atomic E-state index is 11.1. The average molecular weight is 208 g/mol. The zero-order valence-corrected chi connectivity index (χ0v) is 10.3. The minimum atomic E-state index is -0.453. The number of ether oxygens (including phenoxy) is 1. The number of rotatable bonds is 2. The van der Waals surface area contributed by atoms with Crippen molar-refractivity contribution in [3.8, 4) is 11.8 Å². The molecule has 0 rings (SSSR count). The lowest BCUT2D eigenvalue weighted by Gasteiger charge is -2.16. The fourth-order valence-electron chi connectivity index (χ4n) is 0.871. The van der Waals surface area contributed by atoms with E-state index in [0.29, 0.717) is 6.42 Å². The molecule has 0 radical (unpaired) electrons. The van der Waals surface area contributed by atoms with E-state index in [1.807, 2.05) is 34.6 Å². The molecule has 0 atom stereocenters. The zero-order chi connectivity index (χ0) is 11.9. The Kier molecular flexibility index (Phi) is 5.77. The van der Waals surface area contributed by atoms with Crippen LogP contribution in [-0.2, 0) is 9.53 Å². The van der Waals surface area contributed by atoms with E-state index in [1.165, 1.54) is 5.57 Å². The first-order valence-electron chi connectivity index (χ1n) is 5.16. The quantitative estimate of drug-likeness (QED) is 0.229. The Hall–Kier alpha value is -1.23. The van der Waals surface area contributed by atoms with Gasteiger partial charge in [-0.25, -0.2) is 4.79 Å². The molecule has 0 bridgehead atoms. The smallest absolute Gasteiger partial charge is 0.384 e. The molecule has 0 aromatic carbocycles. The SMILES string of the molecule is CC(C)=CCCC#CC(=O)OC(C)(C)C. The molecule has 0 saturated carbocycles. The molecule has 0 unspecified atom stereocenters. The number of allylic oxidation sites excluding steroid dienone is 2. The van der Waals surface area contributed by atoms with Crippen molar-refractivity contribution in [2.24, 2.45) is 0 Å². The van der Waals surface area contributed by atoms with Crippen LogP contribution in [0.3, 0.4) is 0 Å². The molecule has 84 valence electrons. The number of esters is 1. The second kappa shape index (κ2) is 6.29. The largest absolute Gasteiger partial charge is 0.450 e. The van der Waals surface area contributed by atoms with E-state index in [1.54, 1.807) is 0 Å².